The summed E-state index contributed by atoms with van der Waals surface area (Å²) in [6, 6.07) is 2.18. The first-order chi connectivity index (χ1) is 13.9. The molecule has 148 valence electrons. The molecule has 0 aliphatic heterocycles. The number of halogens is 3. The molecule has 0 aliphatic rings. The van der Waals surface area contributed by atoms with Gasteiger partial charge >= 0.3 is 0 Å². The zero-order chi connectivity index (χ0) is 20.7. The molecule has 4 aromatic rings. The second kappa shape index (κ2) is 7.13. The Hall–Kier alpha value is -3.53. The Bertz CT molecular complexity index is 1300. The monoisotopic (exact) mass is 401 g/mol. The van der Waals surface area contributed by atoms with Crippen molar-refractivity contribution >= 4 is 5.65 Å². The van der Waals surface area contributed by atoms with Crippen LogP contribution in [0.15, 0.2) is 35.5 Å². The molecule has 0 atom stereocenters. The van der Waals surface area contributed by atoms with Crippen molar-refractivity contribution in [2.45, 2.75) is 20.0 Å². The molecule has 4 rings (SSSR count). The Labute approximate surface area is 161 Å². The molecule has 0 amide bonds. The van der Waals surface area contributed by atoms with Crippen LogP contribution in [0, 0.1) is 24.4 Å². The number of aromatic nitrogens is 5. The van der Waals surface area contributed by atoms with Gasteiger partial charge in [-0.05, 0) is 30.2 Å². The highest BCUT2D eigenvalue weighted by Crippen LogP contribution is 2.22. The van der Waals surface area contributed by atoms with Gasteiger partial charge in [-0.25, -0.2) is 23.7 Å². The van der Waals surface area contributed by atoms with Gasteiger partial charge in [0, 0.05) is 12.6 Å². The Balaban J connectivity index is 1.91. The van der Waals surface area contributed by atoms with E-state index in [1.165, 1.54) is 23.7 Å². The number of nitrogens with one attached hydrogen (secondary N) is 1. The number of aliphatic hydroxyl groups is 1. The molecule has 2 N–H and O–H groups in total. The predicted octanol–water partition coefficient (Wildman–Crippen LogP) is 2.29. The van der Waals surface area contributed by atoms with Crippen molar-refractivity contribution < 1.29 is 18.3 Å². The van der Waals surface area contributed by atoms with Crippen molar-refractivity contribution in [2.24, 2.45) is 0 Å². The molecule has 0 radical (unpaired) electrons. The Kier molecular flexibility index (Phi) is 4.63. The van der Waals surface area contributed by atoms with Crippen LogP contribution in [0.25, 0.3) is 17.2 Å². The average molecular weight is 401 g/mol. The zero-order valence-electron chi connectivity index (χ0n) is 15.1. The molecular weight excluding hydrogens is 387 g/mol. The predicted molar refractivity (Wildman–Crippen MR) is 96.6 cm³/mol. The average Bonchev–Trinajstić information content (AvgIpc) is 3.11. The van der Waals surface area contributed by atoms with Crippen LogP contribution in [0.3, 0.4) is 0 Å². The van der Waals surface area contributed by atoms with E-state index in [9.17, 15) is 23.1 Å². The lowest BCUT2D eigenvalue weighted by Crippen LogP contribution is -2.14. The van der Waals surface area contributed by atoms with E-state index in [0.717, 1.165) is 18.3 Å². The summed E-state index contributed by atoms with van der Waals surface area (Å²) in [5.41, 5.74) is 0.399. The Morgan fingerprint density at radius 3 is 2.62 bits per heavy atom. The lowest BCUT2D eigenvalue weighted by molar-refractivity contribution is 0.276. The van der Waals surface area contributed by atoms with E-state index in [2.05, 4.69) is 19.9 Å². The van der Waals surface area contributed by atoms with Gasteiger partial charge < -0.3 is 10.1 Å². The fraction of sp³-hybridized carbons (Fsp3) is 0.158. The fourth-order valence-corrected chi connectivity index (χ4v) is 2.96. The number of aromatic amines is 1. The van der Waals surface area contributed by atoms with Gasteiger partial charge in [0.1, 0.15) is 17.3 Å². The molecule has 0 saturated heterocycles. The van der Waals surface area contributed by atoms with Crippen LogP contribution < -0.4 is 5.56 Å². The van der Waals surface area contributed by atoms with Crippen molar-refractivity contribution in [3.05, 3.63) is 81.0 Å². The van der Waals surface area contributed by atoms with Crippen molar-refractivity contribution in [1.82, 2.24) is 24.3 Å². The SMILES string of the molecule is Cc1cc(F)c(Cc2nc(-c3ncc(F)c(=O)[nH]3)cn3c(CO)cnc23)cc1F. The lowest BCUT2D eigenvalue weighted by atomic mass is 10.1. The third-order valence-electron chi connectivity index (χ3n) is 4.48. The maximum atomic E-state index is 14.3. The summed E-state index contributed by atoms with van der Waals surface area (Å²) in [6.45, 7) is 1.11. The van der Waals surface area contributed by atoms with E-state index in [-0.39, 0.29) is 41.4 Å². The van der Waals surface area contributed by atoms with Crippen LogP contribution >= 0.6 is 0 Å². The number of hydrogen-bond acceptors (Lipinski definition) is 5. The lowest BCUT2D eigenvalue weighted by Gasteiger charge is -2.10. The van der Waals surface area contributed by atoms with Gasteiger partial charge in [0.25, 0.3) is 5.56 Å². The molecule has 0 aliphatic carbocycles. The van der Waals surface area contributed by atoms with Crippen LogP contribution in [-0.2, 0) is 13.0 Å². The topological polar surface area (TPSA) is 96.2 Å². The molecule has 3 aromatic heterocycles. The van der Waals surface area contributed by atoms with E-state index in [0.29, 0.717) is 11.3 Å². The summed E-state index contributed by atoms with van der Waals surface area (Å²) in [7, 11) is 0. The zero-order valence-corrected chi connectivity index (χ0v) is 15.1. The van der Waals surface area contributed by atoms with Crippen molar-refractivity contribution in [2.75, 3.05) is 0 Å². The first kappa shape index (κ1) is 18.8. The highest BCUT2D eigenvalue weighted by Gasteiger charge is 2.17. The van der Waals surface area contributed by atoms with Gasteiger partial charge in [0.15, 0.2) is 11.5 Å². The van der Waals surface area contributed by atoms with E-state index >= 15 is 0 Å². The van der Waals surface area contributed by atoms with Crippen LogP contribution in [-0.4, -0.2) is 29.4 Å². The van der Waals surface area contributed by atoms with E-state index in [1.807, 2.05) is 0 Å². The number of imidazole rings is 1. The van der Waals surface area contributed by atoms with Crippen LogP contribution in [0.2, 0.25) is 0 Å². The molecule has 3 heterocycles. The third-order valence-corrected chi connectivity index (χ3v) is 4.48. The first-order valence-electron chi connectivity index (χ1n) is 8.53. The Morgan fingerprint density at radius 1 is 1.10 bits per heavy atom. The summed E-state index contributed by atoms with van der Waals surface area (Å²) in [4.78, 5) is 26.2. The fourth-order valence-electron chi connectivity index (χ4n) is 2.96. The third kappa shape index (κ3) is 3.38. The number of rotatable bonds is 4. The highest BCUT2D eigenvalue weighted by atomic mass is 19.1. The Morgan fingerprint density at radius 2 is 1.90 bits per heavy atom. The second-order valence-corrected chi connectivity index (χ2v) is 6.45. The number of nitrogens with zero attached hydrogens (tertiary/aromatic N) is 4. The highest BCUT2D eigenvalue weighted by molar-refractivity contribution is 5.56. The van der Waals surface area contributed by atoms with Crippen LogP contribution in [0.1, 0.15) is 22.5 Å². The van der Waals surface area contributed by atoms with Crippen LogP contribution in [0.4, 0.5) is 13.2 Å². The second-order valence-electron chi connectivity index (χ2n) is 6.45. The summed E-state index contributed by atoms with van der Waals surface area (Å²) >= 11 is 0. The van der Waals surface area contributed by atoms with Gasteiger partial charge in [0.05, 0.1) is 30.4 Å². The molecule has 29 heavy (non-hydrogen) atoms. The summed E-state index contributed by atoms with van der Waals surface area (Å²) in [5, 5.41) is 9.54. The maximum Gasteiger partial charge on any atom is 0.287 e. The maximum absolute atomic E-state index is 14.3. The van der Waals surface area contributed by atoms with E-state index in [4.69, 9.17) is 0 Å². The van der Waals surface area contributed by atoms with Crippen molar-refractivity contribution in [3.8, 4) is 11.5 Å². The molecule has 0 bridgehead atoms. The number of H-pyrrole nitrogens is 1. The summed E-state index contributed by atoms with van der Waals surface area (Å²) in [6.07, 6.45) is 3.53. The number of hydrogen-bond donors (Lipinski definition) is 2. The first-order valence-corrected chi connectivity index (χ1v) is 8.53. The van der Waals surface area contributed by atoms with Crippen molar-refractivity contribution in [3.63, 3.8) is 0 Å². The van der Waals surface area contributed by atoms with Gasteiger partial charge in [-0.1, -0.05) is 0 Å². The van der Waals surface area contributed by atoms with Crippen LogP contribution in [0.5, 0.6) is 0 Å². The molecule has 0 saturated carbocycles. The molecule has 10 heteroatoms. The minimum atomic E-state index is -1.05. The van der Waals surface area contributed by atoms with Gasteiger partial charge in [0.2, 0.25) is 5.82 Å². The van der Waals surface area contributed by atoms with E-state index in [1.54, 1.807) is 0 Å². The van der Waals surface area contributed by atoms with Gasteiger partial charge in [-0.15, -0.1) is 0 Å². The minimum Gasteiger partial charge on any atom is -0.390 e. The van der Waals surface area contributed by atoms with E-state index < -0.39 is 23.0 Å². The molecule has 0 unspecified atom stereocenters. The normalized spacial score (nSPS) is 11.3. The van der Waals surface area contributed by atoms with Gasteiger partial charge in [-0.3, -0.25) is 9.20 Å². The largest absolute Gasteiger partial charge is 0.390 e. The quantitative estimate of drug-likeness (QED) is 0.547. The molecule has 1 aromatic carbocycles. The molecule has 0 spiro atoms. The van der Waals surface area contributed by atoms with Gasteiger partial charge in [-0.2, -0.15) is 4.39 Å². The number of fused-ring (bicyclic) bond motifs is 1. The standard InChI is InChI=1S/C19H14F3N5O2/c1-9-2-13(21)10(3-12(9)20)4-15-18-24-5-11(8-28)27(18)7-16(25-15)17-23-6-14(22)19(29)26-17/h2-3,5-7,28H,4,8H2,1H3,(H,23,26,29). The molecule has 0 fully saturated rings. The number of benzene rings is 1. The number of aryl methyl sites for hydroxylation is 1. The smallest absolute Gasteiger partial charge is 0.287 e. The summed E-state index contributed by atoms with van der Waals surface area (Å²) < 4.78 is 43.0. The number of aliphatic hydroxyl groups excluding tert-OH is 1. The van der Waals surface area contributed by atoms with Crippen molar-refractivity contribution in [1.29, 1.82) is 0 Å². The summed E-state index contributed by atoms with van der Waals surface area (Å²) in [5.74, 6) is -2.23. The molecule has 7 nitrogen and oxygen atoms in total. The minimum absolute atomic E-state index is 0.0206. The molecular formula is C19H14F3N5O2.